The SMILES string of the molecule is Cc1ccc(C(=O)NC(C(=O)NCC(C)CN)C(C)C)cc1. The third-order valence-electron chi connectivity index (χ3n) is 3.58. The summed E-state index contributed by atoms with van der Waals surface area (Å²) in [5, 5.41) is 5.66. The smallest absolute Gasteiger partial charge is 0.251 e. The lowest BCUT2D eigenvalue weighted by molar-refractivity contribution is -0.124. The van der Waals surface area contributed by atoms with Crippen molar-refractivity contribution in [2.45, 2.75) is 33.7 Å². The van der Waals surface area contributed by atoms with Gasteiger partial charge in [-0.25, -0.2) is 0 Å². The van der Waals surface area contributed by atoms with E-state index in [1.165, 1.54) is 0 Å². The van der Waals surface area contributed by atoms with Crippen molar-refractivity contribution in [2.24, 2.45) is 17.6 Å². The van der Waals surface area contributed by atoms with Crippen molar-refractivity contribution in [3.63, 3.8) is 0 Å². The molecule has 0 aliphatic rings. The summed E-state index contributed by atoms with van der Waals surface area (Å²) >= 11 is 0. The molecule has 0 radical (unpaired) electrons. The van der Waals surface area contributed by atoms with Crippen molar-refractivity contribution in [3.05, 3.63) is 35.4 Å². The number of hydrogen-bond acceptors (Lipinski definition) is 3. The van der Waals surface area contributed by atoms with Gasteiger partial charge in [0.2, 0.25) is 5.91 Å². The fraction of sp³-hybridized carbons (Fsp3) is 0.529. The van der Waals surface area contributed by atoms with Crippen molar-refractivity contribution < 1.29 is 9.59 Å². The predicted molar refractivity (Wildman–Crippen MR) is 88.5 cm³/mol. The minimum atomic E-state index is -0.557. The van der Waals surface area contributed by atoms with Gasteiger partial charge in [-0.1, -0.05) is 38.5 Å². The first-order valence-corrected chi connectivity index (χ1v) is 7.70. The first-order valence-electron chi connectivity index (χ1n) is 7.70. The third kappa shape index (κ3) is 5.48. The Bertz CT molecular complexity index is 497. The van der Waals surface area contributed by atoms with Gasteiger partial charge in [0, 0.05) is 12.1 Å². The summed E-state index contributed by atoms with van der Waals surface area (Å²) in [4.78, 5) is 24.5. The van der Waals surface area contributed by atoms with E-state index < -0.39 is 6.04 Å². The molecule has 0 spiro atoms. The van der Waals surface area contributed by atoms with Crippen LogP contribution in [-0.4, -0.2) is 30.9 Å². The maximum absolute atomic E-state index is 12.3. The standard InChI is InChI=1S/C17H27N3O2/c1-11(2)15(17(22)19-10-13(4)9-18)20-16(21)14-7-5-12(3)6-8-14/h5-8,11,13,15H,9-10,18H2,1-4H3,(H,19,22)(H,20,21). The highest BCUT2D eigenvalue weighted by Crippen LogP contribution is 2.07. The van der Waals surface area contributed by atoms with Gasteiger partial charge in [-0.05, 0) is 37.4 Å². The fourth-order valence-electron chi connectivity index (χ4n) is 1.93. The Morgan fingerprint density at radius 3 is 2.23 bits per heavy atom. The number of carbonyl (C=O) groups is 2. The minimum absolute atomic E-state index is 0.00239. The lowest BCUT2D eigenvalue weighted by Crippen LogP contribution is -2.50. The molecule has 0 aromatic heterocycles. The number of nitrogens with one attached hydrogen (secondary N) is 2. The van der Waals surface area contributed by atoms with Gasteiger partial charge in [0.25, 0.3) is 5.91 Å². The summed E-state index contributed by atoms with van der Waals surface area (Å²) < 4.78 is 0. The molecular weight excluding hydrogens is 278 g/mol. The van der Waals surface area contributed by atoms with Gasteiger partial charge in [-0.15, -0.1) is 0 Å². The van der Waals surface area contributed by atoms with E-state index in [0.717, 1.165) is 5.56 Å². The van der Waals surface area contributed by atoms with Crippen LogP contribution in [0.2, 0.25) is 0 Å². The maximum atomic E-state index is 12.3. The number of nitrogens with two attached hydrogens (primary N) is 1. The van der Waals surface area contributed by atoms with Crippen molar-refractivity contribution in [2.75, 3.05) is 13.1 Å². The van der Waals surface area contributed by atoms with Crippen LogP contribution in [0.5, 0.6) is 0 Å². The second kappa shape index (κ2) is 8.54. The maximum Gasteiger partial charge on any atom is 0.251 e. The Morgan fingerprint density at radius 2 is 1.73 bits per heavy atom. The van der Waals surface area contributed by atoms with E-state index in [0.29, 0.717) is 18.7 Å². The second-order valence-corrected chi connectivity index (χ2v) is 6.15. The highest BCUT2D eigenvalue weighted by Gasteiger charge is 2.24. The van der Waals surface area contributed by atoms with Gasteiger partial charge in [0.05, 0.1) is 0 Å². The Balaban J connectivity index is 2.69. The van der Waals surface area contributed by atoms with Crippen LogP contribution in [0.15, 0.2) is 24.3 Å². The number of carbonyl (C=O) groups excluding carboxylic acids is 2. The fourth-order valence-corrected chi connectivity index (χ4v) is 1.93. The average molecular weight is 305 g/mol. The molecule has 0 aliphatic carbocycles. The van der Waals surface area contributed by atoms with Crippen LogP contribution >= 0.6 is 0 Å². The van der Waals surface area contributed by atoms with Crippen molar-refractivity contribution >= 4 is 11.8 Å². The molecule has 4 N–H and O–H groups in total. The Labute approximate surface area is 132 Å². The summed E-state index contributed by atoms with van der Waals surface area (Å²) in [5.74, 6) is -0.191. The Kier molecular flexibility index (Phi) is 7.05. The van der Waals surface area contributed by atoms with Crippen LogP contribution in [0.1, 0.15) is 36.7 Å². The molecule has 0 fully saturated rings. The molecule has 0 aliphatic heterocycles. The van der Waals surface area contributed by atoms with Crippen LogP contribution in [0.3, 0.4) is 0 Å². The summed E-state index contributed by atoms with van der Waals surface area (Å²) in [6.45, 7) is 8.78. The number of benzene rings is 1. The van der Waals surface area contributed by atoms with Crippen LogP contribution < -0.4 is 16.4 Å². The quantitative estimate of drug-likeness (QED) is 0.713. The number of rotatable bonds is 7. The highest BCUT2D eigenvalue weighted by molar-refractivity contribution is 5.97. The molecule has 0 bridgehead atoms. The van der Waals surface area contributed by atoms with Crippen LogP contribution in [-0.2, 0) is 4.79 Å². The van der Waals surface area contributed by atoms with Crippen LogP contribution in [0.25, 0.3) is 0 Å². The Morgan fingerprint density at radius 1 is 1.14 bits per heavy atom. The zero-order chi connectivity index (χ0) is 16.7. The molecular formula is C17H27N3O2. The van der Waals surface area contributed by atoms with E-state index in [2.05, 4.69) is 10.6 Å². The highest BCUT2D eigenvalue weighted by atomic mass is 16.2. The molecule has 22 heavy (non-hydrogen) atoms. The van der Waals surface area contributed by atoms with Gasteiger partial charge < -0.3 is 16.4 Å². The van der Waals surface area contributed by atoms with E-state index in [-0.39, 0.29) is 23.7 Å². The number of aryl methyl sites for hydroxylation is 1. The monoisotopic (exact) mass is 305 g/mol. The van der Waals surface area contributed by atoms with E-state index >= 15 is 0 Å². The zero-order valence-corrected chi connectivity index (χ0v) is 13.8. The van der Waals surface area contributed by atoms with Crippen LogP contribution in [0, 0.1) is 18.8 Å². The molecule has 2 amide bonds. The van der Waals surface area contributed by atoms with Crippen molar-refractivity contribution in [3.8, 4) is 0 Å². The topological polar surface area (TPSA) is 84.2 Å². The van der Waals surface area contributed by atoms with Gasteiger partial charge in [0.15, 0.2) is 0 Å². The normalized spacial score (nSPS) is 13.5. The third-order valence-corrected chi connectivity index (χ3v) is 3.58. The first-order chi connectivity index (χ1) is 10.3. The average Bonchev–Trinajstić information content (AvgIpc) is 2.49. The molecule has 5 nitrogen and oxygen atoms in total. The minimum Gasteiger partial charge on any atom is -0.354 e. The predicted octanol–water partition coefficient (Wildman–Crippen LogP) is 1.46. The van der Waals surface area contributed by atoms with Gasteiger partial charge >= 0.3 is 0 Å². The lowest BCUT2D eigenvalue weighted by atomic mass is 10.0. The van der Waals surface area contributed by atoms with Gasteiger partial charge in [0.1, 0.15) is 6.04 Å². The molecule has 1 rings (SSSR count). The first kappa shape index (κ1) is 18.2. The second-order valence-electron chi connectivity index (χ2n) is 6.15. The summed E-state index contributed by atoms with van der Waals surface area (Å²) in [6.07, 6.45) is 0. The molecule has 0 saturated carbocycles. The van der Waals surface area contributed by atoms with Crippen molar-refractivity contribution in [1.82, 2.24) is 10.6 Å². The molecule has 122 valence electrons. The molecule has 2 unspecified atom stereocenters. The molecule has 0 saturated heterocycles. The summed E-state index contributed by atoms with van der Waals surface area (Å²) in [5.41, 5.74) is 7.19. The van der Waals surface area contributed by atoms with Gasteiger partial charge in [-0.3, -0.25) is 9.59 Å². The lowest BCUT2D eigenvalue weighted by Gasteiger charge is -2.22. The molecule has 0 heterocycles. The van der Waals surface area contributed by atoms with Crippen LogP contribution in [0.4, 0.5) is 0 Å². The Hall–Kier alpha value is -1.88. The molecule has 2 atom stereocenters. The largest absolute Gasteiger partial charge is 0.354 e. The molecule has 1 aromatic rings. The zero-order valence-electron chi connectivity index (χ0n) is 13.8. The van der Waals surface area contributed by atoms with Gasteiger partial charge in [-0.2, -0.15) is 0 Å². The van der Waals surface area contributed by atoms with Crippen molar-refractivity contribution in [1.29, 1.82) is 0 Å². The molecule has 5 heteroatoms. The van der Waals surface area contributed by atoms with E-state index in [9.17, 15) is 9.59 Å². The summed E-state index contributed by atoms with van der Waals surface area (Å²) in [7, 11) is 0. The van der Waals surface area contributed by atoms with E-state index in [4.69, 9.17) is 5.73 Å². The number of amides is 2. The molecule has 1 aromatic carbocycles. The summed E-state index contributed by atoms with van der Waals surface area (Å²) in [6, 6.07) is 6.72. The number of hydrogen-bond donors (Lipinski definition) is 3. The van der Waals surface area contributed by atoms with E-state index in [1.54, 1.807) is 12.1 Å². The van der Waals surface area contributed by atoms with E-state index in [1.807, 2.05) is 39.8 Å².